The molecule has 0 saturated heterocycles. The first-order chi connectivity index (χ1) is 9.65. The van der Waals surface area contributed by atoms with Crippen LogP contribution in [0.1, 0.15) is 41.7 Å². The van der Waals surface area contributed by atoms with E-state index in [1.165, 1.54) is 5.56 Å². The van der Waals surface area contributed by atoms with Gasteiger partial charge in [0.1, 0.15) is 11.9 Å². The van der Waals surface area contributed by atoms with Crippen molar-refractivity contribution in [3.05, 3.63) is 64.7 Å². The van der Waals surface area contributed by atoms with Crippen molar-refractivity contribution in [3.8, 4) is 5.75 Å². The zero-order valence-electron chi connectivity index (χ0n) is 12.4. The van der Waals surface area contributed by atoms with E-state index >= 15 is 0 Å². The lowest BCUT2D eigenvalue weighted by Gasteiger charge is -2.16. The Morgan fingerprint density at radius 1 is 1.15 bits per heavy atom. The van der Waals surface area contributed by atoms with E-state index in [2.05, 4.69) is 19.1 Å². The van der Waals surface area contributed by atoms with Crippen LogP contribution in [0.4, 0.5) is 0 Å². The third-order valence-corrected chi connectivity index (χ3v) is 3.49. The van der Waals surface area contributed by atoms with Gasteiger partial charge in [0.05, 0.1) is 7.11 Å². The molecule has 0 heterocycles. The van der Waals surface area contributed by atoms with Gasteiger partial charge in [-0.25, -0.2) is 0 Å². The number of ether oxygens (including phenoxy) is 1. The number of hydrogen-bond donors (Lipinski definition) is 1. The molecule has 2 heteroatoms. The monoisotopic (exact) mass is 270 g/mol. The molecule has 106 valence electrons. The van der Waals surface area contributed by atoms with Gasteiger partial charge in [0, 0.05) is 5.56 Å². The average Bonchev–Trinajstić information content (AvgIpc) is 2.47. The lowest BCUT2D eigenvalue weighted by atomic mass is 9.96. The summed E-state index contributed by atoms with van der Waals surface area (Å²) < 4.78 is 5.36. The highest BCUT2D eigenvalue weighted by Crippen LogP contribution is 2.31. The number of hydrogen-bond acceptors (Lipinski definition) is 2. The molecule has 0 spiro atoms. The minimum Gasteiger partial charge on any atom is -0.496 e. The topological polar surface area (TPSA) is 29.5 Å². The Balaban J connectivity index is 2.37. The van der Waals surface area contributed by atoms with Gasteiger partial charge in [-0.3, -0.25) is 0 Å². The molecule has 2 aromatic carbocycles. The van der Waals surface area contributed by atoms with Crippen molar-refractivity contribution in [2.45, 2.75) is 32.8 Å². The molecule has 0 fully saturated rings. The van der Waals surface area contributed by atoms with Gasteiger partial charge in [-0.15, -0.1) is 0 Å². The Morgan fingerprint density at radius 2 is 1.95 bits per heavy atom. The predicted octanol–water partition coefficient (Wildman–Crippen LogP) is 4.04. The molecule has 0 amide bonds. The fourth-order valence-corrected chi connectivity index (χ4v) is 2.45. The van der Waals surface area contributed by atoms with Crippen LogP contribution in [0.3, 0.4) is 0 Å². The number of aliphatic hydroxyl groups is 1. The van der Waals surface area contributed by atoms with Crippen LogP contribution in [0.15, 0.2) is 42.5 Å². The standard InChI is InChI=1S/C18H22O2/c1-4-6-14-7-5-8-15(12-14)18(19)16-11-13(2)9-10-17(16)20-3/h5,7-12,18-19H,4,6H2,1-3H3. The van der Waals surface area contributed by atoms with Gasteiger partial charge >= 0.3 is 0 Å². The molecule has 2 aromatic rings. The molecule has 0 aliphatic rings. The molecule has 0 radical (unpaired) electrons. The zero-order chi connectivity index (χ0) is 14.5. The summed E-state index contributed by atoms with van der Waals surface area (Å²) in [4.78, 5) is 0. The Morgan fingerprint density at radius 3 is 2.65 bits per heavy atom. The Hall–Kier alpha value is -1.80. The van der Waals surface area contributed by atoms with E-state index in [-0.39, 0.29) is 0 Å². The fourth-order valence-electron chi connectivity index (χ4n) is 2.45. The van der Waals surface area contributed by atoms with Crippen molar-refractivity contribution >= 4 is 0 Å². The van der Waals surface area contributed by atoms with Crippen LogP contribution in [-0.4, -0.2) is 12.2 Å². The predicted molar refractivity (Wildman–Crippen MR) is 82.2 cm³/mol. The van der Waals surface area contributed by atoms with Crippen LogP contribution in [0.5, 0.6) is 5.75 Å². The van der Waals surface area contributed by atoms with Gasteiger partial charge in [0.25, 0.3) is 0 Å². The summed E-state index contributed by atoms with van der Waals surface area (Å²) in [6.07, 6.45) is 1.49. The Labute approximate surface area is 121 Å². The summed E-state index contributed by atoms with van der Waals surface area (Å²) in [6.45, 7) is 4.18. The Bertz CT molecular complexity index is 575. The molecule has 1 unspecified atom stereocenters. The molecule has 0 aliphatic carbocycles. The van der Waals surface area contributed by atoms with Crippen LogP contribution in [0.2, 0.25) is 0 Å². The van der Waals surface area contributed by atoms with Gasteiger partial charge in [-0.1, -0.05) is 49.2 Å². The highest BCUT2D eigenvalue weighted by atomic mass is 16.5. The number of benzene rings is 2. The maximum absolute atomic E-state index is 10.6. The second-order valence-corrected chi connectivity index (χ2v) is 5.14. The minimum atomic E-state index is -0.651. The third-order valence-electron chi connectivity index (χ3n) is 3.49. The van der Waals surface area contributed by atoms with Crippen LogP contribution >= 0.6 is 0 Å². The number of methoxy groups -OCH3 is 1. The first-order valence-corrected chi connectivity index (χ1v) is 7.07. The van der Waals surface area contributed by atoms with Crippen LogP contribution in [0, 0.1) is 6.92 Å². The number of aliphatic hydroxyl groups excluding tert-OH is 1. The molecular formula is C18H22O2. The lowest BCUT2D eigenvalue weighted by molar-refractivity contribution is 0.214. The lowest BCUT2D eigenvalue weighted by Crippen LogP contribution is -2.03. The van der Waals surface area contributed by atoms with E-state index < -0.39 is 6.10 Å². The highest BCUT2D eigenvalue weighted by molar-refractivity contribution is 5.43. The van der Waals surface area contributed by atoms with E-state index in [0.29, 0.717) is 0 Å². The fraction of sp³-hybridized carbons (Fsp3) is 0.333. The first-order valence-electron chi connectivity index (χ1n) is 7.07. The number of aryl methyl sites for hydroxylation is 2. The van der Waals surface area contributed by atoms with Crippen molar-refractivity contribution in [1.82, 2.24) is 0 Å². The summed E-state index contributed by atoms with van der Waals surface area (Å²) >= 11 is 0. The van der Waals surface area contributed by atoms with Crippen LogP contribution in [-0.2, 0) is 6.42 Å². The van der Waals surface area contributed by atoms with E-state index in [4.69, 9.17) is 4.74 Å². The largest absolute Gasteiger partial charge is 0.496 e. The second-order valence-electron chi connectivity index (χ2n) is 5.14. The van der Waals surface area contributed by atoms with E-state index in [1.807, 2.05) is 37.3 Å². The smallest absolute Gasteiger partial charge is 0.125 e. The van der Waals surface area contributed by atoms with Crippen molar-refractivity contribution in [2.24, 2.45) is 0 Å². The molecule has 0 saturated carbocycles. The summed E-state index contributed by atoms with van der Waals surface area (Å²) in [6, 6.07) is 14.0. The quantitative estimate of drug-likeness (QED) is 0.888. The second kappa shape index (κ2) is 6.58. The summed E-state index contributed by atoms with van der Waals surface area (Å²) in [7, 11) is 1.63. The third kappa shape index (κ3) is 3.20. The molecule has 2 rings (SSSR count). The normalized spacial score (nSPS) is 12.2. The van der Waals surface area contributed by atoms with Crippen molar-refractivity contribution in [1.29, 1.82) is 0 Å². The molecule has 0 aromatic heterocycles. The molecule has 1 N–H and O–H groups in total. The SMILES string of the molecule is CCCc1cccc(C(O)c2cc(C)ccc2OC)c1. The molecule has 1 atom stereocenters. The summed E-state index contributed by atoms with van der Waals surface area (Å²) in [5.41, 5.74) is 4.11. The van der Waals surface area contributed by atoms with Crippen LogP contribution < -0.4 is 4.74 Å². The van der Waals surface area contributed by atoms with Gasteiger partial charge in [0.15, 0.2) is 0 Å². The van der Waals surface area contributed by atoms with E-state index in [9.17, 15) is 5.11 Å². The minimum absolute atomic E-state index is 0.651. The van der Waals surface area contributed by atoms with Crippen molar-refractivity contribution < 1.29 is 9.84 Å². The van der Waals surface area contributed by atoms with Gasteiger partial charge < -0.3 is 9.84 Å². The van der Waals surface area contributed by atoms with E-state index in [0.717, 1.165) is 35.3 Å². The van der Waals surface area contributed by atoms with Gasteiger partial charge in [0.2, 0.25) is 0 Å². The summed E-state index contributed by atoms with van der Waals surface area (Å²) in [5.74, 6) is 0.726. The summed E-state index contributed by atoms with van der Waals surface area (Å²) in [5, 5.41) is 10.6. The van der Waals surface area contributed by atoms with Gasteiger partial charge in [-0.05, 0) is 36.6 Å². The average molecular weight is 270 g/mol. The molecule has 0 aliphatic heterocycles. The van der Waals surface area contributed by atoms with Crippen LogP contribution in [0.25, 0.3) is 0 Å². The Kier molecular flexibility index (Phi) is 4.80. The van der Waals surface area contributed by atoms with E-state index in [1.54, 1.807) is 7.11 Å². The highest BCUT2D eigenvalue weighted by Gasteiger charge is 2.15. The first kappa shape index (κ1) is 14.6. The van der Waals surface area contributed by atoms with Crippen molar-refractivity contribution in [2.75, 3.05) is 7.11 Å². The maximum Gasteiger partial charge on any atom is 0.125 e. The maximum atomic E-state index is 10.6. The van der Waals surface area contributed by atoms with Crippen molar-refractivity contribution in [3.63, 3.8) is 0 Å². The van der Waals surface area contributed by atoms with Gasteiger partial charge in [-0.2, -0.15) is 0 Å². The molecule has 2 nitrogen and oxygen atoms in total. The molecular weight excluding hydrogens is 248 g/mol. The number of rotatable bonds is 5. The molecule has 0 bridgehead atoms. The molecule has 20 heavy (non-hydrogen) atoms. The zero-order valence-corrected chi connectivity index (χ0v) is 12.4.